The molecule has 2 rings (SSSR count). The molecule has 1 aliphatic rings. The van der Waals surface area contributed by atoms with Gasteiger partial charge in [0.15, 0.2) is 0 Å². The third-order valence-corrected chi connectivity index (χ3v) is 4.11. The number of likely N-dealkylation sites (N-methyl/N-ethyl adjacent to an activating group) is 1. The van der Waals surface area contributed by atoms with Gasteiger partial charge in [-0.3, -0.25) is 14.5 Å². The van der Waals surface area contributed by atoms with Crippen LogP contribution in [-0.2, 0) is 15.1 Å². The second kappa shape index (κ2) is 6.36. The molecule has 6 nitrogen and oxygen atoms in total. The number of halogens is 1. The third-order valence-electron chi connectivity index (χ3n) is 4.11. The van der Waals surface area contributed by atoms with Crippen LogP contribution in [-0.4, -0.2) is 47.3 Å². The lowest BCUT2D eigenvalue weighted by Crippen LogP contribution is -2.44. The van der Waals surface area contributed by atoms with Gasteiger partial charge in [-0.15, -0.1) is 0 Å². The zero-order valence-electron chi connectivity index (χ0n) is 13.4. The number of imide groups is 1. The number of nitrogens with zero attached hydrogens (tertiary/aromatic N) is 2. The van der Waals surface area contributed by atoms with Crippen molar-refractivity contribution in [3.05, 3.63) is 35.6 Å². The van der Waals surface area contributed by atoms with Crippen LogP contribution < -0.4 is 5.32 Å². The van der Waals surface area contributed by atoms with Crippen molar-refractivity contribution < 1.29 is 18.8 Å². The summed E-state index contributed by atoms with van der Waals surface area (Å²) in [6.07, 6.45) is 0. The molecule has 0 saturated carbocycles. The molecule has 0 unspecified atom stereocenters. The standard InChI is InChI=1S/C16H20FN3O3/c1-4-19(5-2)13(21)10-20-14(22)16(3,18-15(20)23)11-6-8-12(17)9-7-11/h6-9H,4-5,10H2,1-3H3,(H,18,23)/t16-/m0/s1. The third kappa shape index (κ3) is 3.04. The Bertz CT molecular complexity index is 628. The summed E-state index contributed by atoms with van der Waals surface area (Å²) in [7, 11) is 0. The molecule has 1 N–H and O–H groups in total. The lowest BCUT2D eigenvalue weighted by molar-refractivity contribution is -0.138. The van der Waals surface area contributed by atoms with Crippen LogP contribution in [0.25, 0.3) is 0 Å². The van der Waals surface area contributed by atoms with E-state index in [2.05, 4.69) is 5.32 Å². The molecule has 1 aliphatic heterocycles. The van der Waals surface area contributed by atoms with Gasteiger partial charge in [0, 0.05) is 13.1 Å². The average Bonchev–Trinajstić information content (AvgIpc) is 2.73. The lowest BCUT2D eigenvalue weighted by atomic mass is 9.92. The fourth-order valence-electron chi connectivity index (χ4n) is 2.63. The molecule has 1 aromatic carbocycles. The van der Waals surface area contributed by atoms with Gasteiger partial charge < -0.3 is 10.2 Å². The number of carbonyl (C=O) groups excluding carboxylic acids is 3. The van der Waals surface area contributed by atoms with E-state index in [1.807, 2.05) is 13.8 Å². The molecule has 7 heteroatoms. The summed E-state index contributed by atoms with van der Waals surface area (Å²) in [4.78, 5) is 39.4. The highest BCUT2D eigenvalue weighted by Crippen LogP contribution is 2.28. The summed E-state index contributed by atoms with van der Waals surface area (Å²) in [5, 5.41) is 2.59. The van der Waals surface area contributed by atoms with E-state index in [9.17, 15) is 18.8 Å². The number of rotatable bonds is 5. The first-order valence-corrected chi connectivity index (χ1v) is 7.51. The minimum atomic E-state index is -1.30. The molecule has 0 radical (unpaired) electrons. The van der Waals surface area contributed by atoms with Gasteiger partial charge in [-0.2, -0.15) is 0 Å². The van der Waals surface area contributed by atoms with Gasteiger partial charge in [-0.1, -0.05) is 12.1 Å². The smallest absolute Gasteiger partial charge is 0.325 e. The van der Waals surface area contributed by atoms with Gasteiger partial charge in [-0.05, 0) is 38.5 Å². The van der Waals surface area contributed by atoms with Crippen LogP contribution in [0.5, 0.6) is 0 Å². The maximum absolute atomic E-state index is 13.1. The first-order chi connectivity index (χ1) is 10.8. The lowest BCUT2D eigenvalue weighted by Gasteiger charge is -2.23. The van der Waals surface area contributed by atoms with E-state index >= 15 is 0 Å². The Labute approximate surface area is 134 Å². The van der Waals surface area contributed by atoms with Crippen molar-refractivity contribution >= 4 is 17.8 Å². The summed E-state index contributed by atoms with van der Waals surface area (Å²) < 4.78 is 13.1. The number of hydrogen-bond acceptors (Lipinski definition) is 3. The van der Waals surface area contributed by atoms with E-state index in [0.717, 1.165) is 4.90 Å². The molecule has 0 aromatic heterocycles. The number of amides is 4. The van der Waals surface area contributed by atoms with Gasteiger partial charge >= 0.3 is 6.03 Å². The summed E-state index contributed by atoms with van der Waals surface area (Å²) in [5.74, 6) is -1.24. The molecule has 23 heavy (non-hydrogen) atoms. The molecule has 0 aliphatic carbocycles. The molecule has 124 valence electrons. The molecule has 1 heterocycles. The molecule has 1 saturated heterocycles. The molecule has 4 amide bonds. The van der Waals surface area contributed by atoms with Crippen LogP contribution in [0.15, 0.2) is 24.3 Å². The van der Waals surface area contributed by atoms with Crippen LogP contribution in [0.1, 0.15) is 26.3 Å². The Morgan fingerprint density at radius 2 is 1.78 bits per heavy atom. The van der Waals surface area contributed by atoms with Crippen molar-refractivity contribution in [2.75, 3.05) is 19.6 Å². The fraction of sp³-hybridized carbons (Fsp3) is 0.438. The SMILES string of the molecule is CCN(CC)C(=O)CN1C(=O)N[C@@](C)(c2ccc(F)cc2)C1=O. The molecular formula is C16H20FN3O3. The summed E-state index contributed by atoms with van der Waals surface area (Å²) in [6.45, 7) is 5.92. The van der Waals surface area contributed by atoms with Crippen molar-refractivity contribution in [1.82, 2.24) is 15.1 Å². The molecule has 1 fully saturated rings. The van der Waals surface area contributed by atoms with Gasteiger partial charge in [0.2, 0.25) is 5.91 Å². The van der Waals surface area contributed by atoms with Crippen molar-refractivity contribution in [2.45, 2.75) is 26.3 Å². The average molecular weight is 321 g/mol. The van der Waals surface area contributed by atoms with Crippen molar-refractivity contribution in [3.8, 4) is 0 Å². The van der Waals surface area contributed by atoms with E-state index in [0.29, 0.717) is 18.7 Å². The largest absolute Gasteiger partial charge is 0.342 e. The second-order valence-electron chi connectivity index (χ2n) is 5.52. The maximum Gasteiger partial charge on any atom is 0.325 e. The highest BCUT2D eigenvalue weighted by molar-refractivity contribution is 6.09. The highest BCUT2D eigenvalue weighted by atomic mass is 19.1. The Morgan fingerprint density at radius 1 is 1.22 bits per heavy atom. The minimum absolute atomic E-state index is 0.290. The van der Waals surface area contributed by atoms with Crippen LogP contribution in [0.2, 0.25) is 0 Å². The van der Waals surface area contributed by atoms with E-state index in [1.165, 1.54) is 24.3 Å². The number of hydrogen-bond donors (Lipinski definition) is 1. The zero-order chi connectivity index (χ0) is 17.2. The van der Waals surface area contributed by atoms with Crippen molar-refractivity contribution in [2.24, 2.45) is 0 Å². The molecule has 0 spiro atoms. The zero-order valence-corrected chi connectivity index (χ0v) is 13.4. The Hall–Kier alpha value is -2.44. The number of benzene rings is 1. The quantitative estimate of drug-likeness (QED) is 0.835. The summed E-state index contributed by atoms with van der Waals surface area (Å²) >= 11 is 0. The number of urea groups is 1. The van der Waals surface area contributed by atoms with E-state index < -0.39 is 23.3 Å². The van der Waals surface area contributed by atoms with Crippen LogP contribution in [0.3, 0.4) is 0 Å². The Kier molecular flexibility index (Phi) is 4.68. The van der Waals surface area contributed by atoms with Gasteiger partial charge in [-0.25, -0.2) is 9.18 Å². The summed E-state index contributed by atoms with van der Waals surface area (Å²) in [5.41, 5.74) is -0.830. The second-order valence-corrected chi connectivity index (χ2v) is 5.52. The highest BCUT2D eigenvalue weighted by Gasteiger charge is 2.49. The first-order valence-electron chi connectivity index (χ1n) is 7.51. The topological polar surface area (TPSA) is 69.7 Å². The van der Waals surface area contributed by atoms with E-state index in [1.54, 1.807) is 11.8 Å². The number of nitrogens with one attached hydrogen (secondary N) is 1. The van der Waals surface area contributed by atoms with Crippen LogP contribution in [0.4, 0.5) is 9.18 Å². The van der Waals surface area contributed by atoms with E-state index in [-0.39, 0.29) is 12.5 Å². The Morgan fingerprint density at radius 3 is 2.30 bits per heavy atom. The predicted molar refractivity (Wildman–Crippen MR) is 81.9 cm³/mol. The van der Waals surface area contributed by atoms with Crippen LogP contribution in [0, 0.1) is 5.82 Å². The first kappa shape index (κ1) is 16.9. The van der Waals surface area contributed by atoms with Crippen molar-refractivity contribution in [3.63, 3.8) is 0 Å². The van der Waals surface area contributed by atoms with Gasteiger partial charge in [0.1, 0.15) is 17.9 Å². The van der Waals surface area contributed by atoms with Crippen molar-refractivity contribution in [1.29, 1.82) is 0 Å². The molecular weight excluding hydrogens is 301 g/mol. The monoisotopic (exact) mass is 321 g/mol. The predicted octanol–water partition coefficient (Wildman–Crippen LogP) is 1.46. The fourth-order valence-corrected chi connectivity index (χ4v) is 2.63. The number of carbonyl (C=O) groups is 3. The summed E-state index contributed by atoms with van der Waals surface area (Å²) in [6, 6.07) is 4.72. The van der Waals surface area contributed by atoms with Crippen LogP contribution >= 0.6 is 0 Å². The van der Waals surface area contributed by atoms with Gasteiger partial charge in [0.05, 0.1) is 0 Å². The molecule has 1 aromatic rings. The van der Waals surface area contributed by atoms with E-state index in [4.69, 9.17) is 0 Å². The maximum atomic E-state index is 13.1. The minimum Gasteiger partial charge on any atom is -0.342 e. The molecule has 1 atom stereocenters. The Balaban J connectivity index is 2.22. The normalized spacial score (nSPS) is 20.6. The van der Waals surface area contributed by atoms with Gasteiger partial charge in [0.25, 0.3) is 5.91 Å². The molecule has 0 bridgehead atoms.